The van der Waals surface area contributed by atoms with Crippen LogP contribution in [0.25, 0.3) is 10.1 Å². The lowest BCUT2D eigenvalue weighted by Gasteiger charge is -2.27. The van der Waals surface area contributed by atoms with E-state index in [4.69, 9.17) is 4.74 Å². The highest BCUT2D eigenvalue weighted by Gasteiger charge is 2.20. The van der Waals surface area contributed by atoms with E-state index >= 15 is 0 Å². The number of ether oxygens (including phenoxy) is 1. The number of amides is 1. The van der Waals surface area contributed by atoms with E-state index in [1.807, 2.05) is 32.1 Å². The summed E-state index contributed by atoms with van der Waals surface area (Å²) in [6.07, 6.45) is 2.91. The third-order valence-electron chi connectivity index (χ3n) is 4.39. The highest BCUT2D eigenvalue weighted by atomic mass is 32.1. The molecule has 0 saturated carbocycles. The Balaban J connectivity index is 1.41. The molecule has 1 N–H and O–H groups in total. The molecule has 0 radical (unpaired) electrons. The van der Waals surface area contributed by atoms with E-state index in [0.29, 0.717) is 6.54 Å². The van der Waals surface area contributed by atoms with Crippen LogP contribution < -0.4 is 5.32 Å². The molecule has 1 aliphatic rings. The second-order valence-electron chi connectivity index (χ2n) is 7.66. The lowest BCUT2D eigenvalue weighted by Crippen LogP contribution is -2.34. The van der Waals surface area contributed by atoms with Gasteiger partial charge in [-0.2, -0.15) is 0 Å². The summed E-state index contributed by atoms with van der Waals surface area (Å²) >= 11 is 1.95. The summed E-state index contributed by atoms with van der Waals surface area (Å²) < 4.78 is 6.66. The fourth-order valence-electron chi connectivity index (χ4n) is 3.24. The maximum atomic E-state index is 11.6. The van der Waals surface area contributed by atoms with Gasteiger partial charge < -0.3 is 10.1 Å². The number of carbonyl (C=O) groups is 1. The van der Waals surface area contributed by atoms with E-state index in [9.17, 15) is 4.79 Å². The van der Waals surface area contributed by atoms with Crippen molar-refractivity contribution in [1.29, 1.82) is 0 Å². The first-order valence-corrected chi connectivity index (χ1v) is 9.92. The smallest absolute Gasteiger partial charge is 0.407 e. The molecule has 0 bridgehead atoms. The minimum Gasteiger partial charge on any atom is -0.444 e. The van der Waals surface area contributed by atoms with Crippen molar-refractivity contribution in [2.24, 2.45) is 0 Å². The van der Waals surface area contributed by atoms with E-state index in [-0.39, 0.29) is 6.09 Å². The van der Waals surface area contributed by atoms with Crippen LogP contribution >= 0.6 is 11.3 Å². The van der Waals surface area contributed by atoms with Crippen molar-refractivity contribution in [2.75, 3.05) is 19.6 Å². The van der Waals surface area contributed by atoms with Crippen LogP contribution in [-0.2, 0) is 17.7 Å². The molecular formula is C20H28N2O2S. The van der Waals surface area contributed by atoms with E-state index < -0.39 is 5.60 Å². The topological polar surface area (TPSA) is 41.6 Å². The minimum atomic E-state index is -0.432. The number of benzene rings is 1. The van der Waals surface area contributed by atoms with Gasteiger partial charge in [0.15, 0.2) is 0 Å². The zero-order valence-electron chi connectivity index (χ0n) is 15.4. The van der Waals surface area contributed by atoms with Crippen molar-refractivity contribution in [3.63, 3.8) is 0 Å². The first-order chi connectivity index (χ1) is 11.9. The molecule has 1 amide bonds. The number of fused-ring (bicyclic) bond motifs is 3. The predicted octanol–water partition coefficient (Wildman–Crippen LogP) is 4.56. The molecule has 136 valence electrons. The Labute approximate surface area is 154 Å². The summed E-state index contributed by atoms with van der Waals surface area (Å²) in [5.74, 6) is 0. The quantitative estimate of drug-likeness (QED) is 0.795. The van der Waals surface area contributed by atoms with Gasteiger partial charge in [0, 0.05) is 29.2 Å². The van der Waals surface area contributed by atoms with Gasteiger partial charge >= 0.3 is 6.09 Å². The molecule has 3 rings (SSSR count). The standard InChI is InChI=1S/C20H28N2O2S/c1-20(2,3)24-19(23)21-11-6-7-12-22-13-10-18-16(14-22)15-8-4-5-9-17(15)25-18/h4-5,8-9H,6-7,10-14H2,1-3H3,(H,21,23). The SMILES string of the molecule is CC(C)(C)OC(=O)NCCCCN1CCc2sc3ccccc3c2C1. The number of hydrogen-bond donors (Lipinski definition) is 1. The normalized spacial score (nSPS) is 15.2. The van der Waals surface area contributed by atoms with Gasteiger partial charge in [-0.25, -0.2) is 4.79 Å². The number of alkyl carbamates (subject to hydrolysis) is 1. The molecule has 1 aromatic carbocycles. The number of nitrogens with one attached hydrogen (secondary N) is 1. The number of nitrogens with zero attached hydrogens (tertiary/aromatic N) is 1. The molecule has 0 spiro atoms. The van der Waals surface area contributed by atoms with Crippen LogP contribution in [0.15, 0.2) is 24.3 Å². The zero-order valence-corrected chi connectivity index (χ0v) is 16.2. The summed E-state index contributed by atoms with van der Waals surface area (Å²) in [5.41, 5.74) is 1.09. The Hall–Kier alpha value is -1.59. The Bertz CT molecular complexity index is 733. The van der Waals surface area contributed by atoms with Gasteiger partial charge in [-0.3, -0.25) is 4.90 Å². The molecule has 0 fully saturated rings. The van der Waals surface area contributed by atoms with Crippen molar-refractivity contribution < 1.29 is 9.53 Å². The molecule has 0 saturated heterocycles. The third kappa shape index (κ3) is 4.95. The lowest BCUT2D eigenvalue weighted by atomic mass is 10.0. The van der Waals surface area contributed by atoms with Crippen LogP contribution in [0.5, 0.6) is 0 Å². The van der Waals surface area contributed by atoms with Gasteiger partial charge in [-0.05, 0) is 63.6 Å². The predicted molar refractivity (Wildman–Crippen MR) is 104 cm³/mol. The first-order valence-electron chi connectivity index (χ1n) is 9.11. The van der Waals surface area contributed by atoms with E-state index in [2.05, 4.69) is 34.5 Å². The first kappa shape index (κ1) is 18.2. The van der Waals surface area contributed by atoms with E-state index in [1.54, 1.807) is 4.88 Å². The van der Waals surface area contributed by atoms with Crippen LogP contribution in [0, 0.1) is 0 Å². The van der Waals surface area contributed by atoms with Gasteiger partial charge in [0.25, 0.3) is 0 Å². The Morgan fingerprint density at radius 2 is 2.08 bits per heavy atom. The highest BCUT2D eigenvalue weighted by molar-refractivity contribution is 7.19. The highest BCUT2D eigenvalue weighted by Crippen LogP contribution is 2.34. The van der Waals surface area contributed by atoms with Crippen LogP contribution in [0.1, 0.15) is 44.1 Å². The molecule has 0 unspecified atom stereocenters. The molecule has 2 heterocycles. The van der Waals surface area contributed by atoms with Gasteiger partial charge in [0.05, 0.1) is 0 Å². The number of hydrogen-bond acceptors (Lipinski definition) is 4. The summed E-state index contributed by atoms with van der Waals surface area (Å²) in [4.78, 5) is 15.7. The number of unbranched alkanes of at least 4 members (excludes halogenated alkanes) is 1. The van der Waals surface area contributed by atoms with Crippen molar-refractivity contribution >= 4 is 27.5 Å². The second kappa shape index (κ2) is 7.75. The molecule has 2 aromatic rings. The molecule has 4 nitrogen and oxygen atoms in total. The summed E-state index contributed by atoms with van der Waals surface area (Å²) in [6, 6.07) is 8.74. The maximum absolute atomic E-state index is 11.6. The Morgan fingerprint density at radius 1 is 1.28 bits per heavy atom. The van der Waals surface area contributed by atoms with Gasteiger partial charge in [-0.15, -0.1) is 11.3 Å². The number of rotatable bonds is 5. The number of carbonyl (C=O) groups excluding carboxylic acids is 1. The monoisotopic (exact) mass is 360 g/mol. The van der Waals surface area contributed by atoms with Gasteiger partial charge in [0.1, 0.15) is 5.60 Å². The summed E-state index contributed by atoms with van der Waals surface area (Å²) in [7, 11) is 0. The van der Waals surface area contributed by atoms with Gasteiger partial charge in [0.2, 0.25) is 0 Å². The van der Waals surface area contributed by atoms with Crippen molar-refractivity contribution in [3.05, 3.63) is 34.7 Å². The minimum absolute atomic E-state index is 0.320. The fraction of sp³-hybridized carbons (Fsp3) is 0.550. The molecule has 5 heteroatoms. The molecule has 1 aliphatic heterocycles. The molecule has 0 aliphatic carbocycles. The van der Waals surface area contributed by atoms with Crippen LogP contribution in [-0.4, -0.2) is 36.2 Å². The lowest BCUT2D eigenvalue weighted by molar-refractivity contribution is 0.0526. The summed E-state index contributed by atoms with van der Waals surface area (Å²) in [5, 5.41) is 4.26. The van der Waals surface area contributed by atoms with Crippen molar-refractivity contribution in [1.82, 2.24) is 10.2 Å². The average molecular weight is 361 g/mol. The fourth-order valence-corrected chi connectivity index (χ4v) is 4.45. The third-order valence-corrected chi connectivity index (χ3v) is 5.66. The zero-order chi connectivity index (χ0) is 17.9. The Kier molecular flexibility index (Phi) is 5.64. The molecule has 0 atom stereocenters. The van der Waals surface area contributed by atoms with Crippen molar-refractivity contribution in [3.8, 4) is 0 Å². The van der Waals surface area contributed by atoms with Gasteiger partial charge in [-0.1, -0.05) is 18.2 Å². The van der Waals surface area contributed by atoms with Crippen LogP contribution in [0.2, 0.25) is 0 Å². The second-order valence-corrected chi connectivity index (χ2v) is 8.80. The summed E-state index contributed by atoms with van der Waals surface area (Å²) in [6.45, 7) is 9.59. The molecule has 25 heavy (non-hydrogen) atoms. The van der Waals surface area contributed by atoms with Crippen LogP contribution in [0.4, 0.5) is 4.79 Å². The van der Waals surface area contributed by atoms with Crippen molar-refractivity contribution in [2.45, 2.75) is 52.2 Å². The molecular weight excluding hydrogens is 332 g/mol. The van der Waals surface area contributed by atoms with E-state index in [0.717, 1.165) is 38.9 Å². The number of thiophene rings is 1. The maximum Gasteiger partial charge on any atom is 0.407 e. The average Bonchev–Trinajstić information content (AvgIpc) is 2.91. The molecule has 1 aromatic heterocycles. The largest absolute Gasteiger partial charge is 0.444 e. The Morgan fingerprint density at radius 3 is 2.88 bits per heavy atom. The van der Waals surface area contributed by atoms with Crippen LogP contribution in [0.3, 0.4) is 0 Å². The van der Waals surface area contributed by atoms with E-state index in [1.165, 1.54) is 15.6 Å².